The second kappa shape index (κ2) is 24.1. The monoisotopic (exact) mass is 452 g/mol. The SMILES string of the molecule is CCCCCCCCCCCCCCC1OCOC1CCCCCCCCCCCCC. The molecule has 0 amide bonds. The zero-order valence-corrected chi connectivity index (χ0v) is 22.4. The largest absolute Gasteiger partial charge is 0.349 e. The van der Waals surface area contributed by atoms with E-state index in [1.165, 1.54) is 161 Å². The third kappa shape index (κ3) is 18.4. The Kier molecular flexibility index (Phi) is 22.5. The molecular formula is C30H60O2. The van der Waals surface area contributed by atoms with Crippen LogP contribution in [0.25, 0.3) is 0 Å². The van der Waals surface area contributed by atoms with E-state index in [1.807, 2.05) is 0 Å². The summed E-state index contributed by atoms with van der Waals surface area (Å²) in [5.74, 6) is 0. The molecule has 1 aliphatic rings. The maximum atomic E-state index is 5.89. The zero-order chi connectivity index (χ0) is 23.0. The van der Waals surface area contributed by atoms with Crippen LogP contribution in [0.3, 0.4) is 0 Å². The average molecular weight is 453 g/mol. The quantitative estimate of drug-likeness (QED) is 0.128. The predicted molar refractivity (Wildman–Crippen MR) is 141 cm³/mol. The highest BCUT2D eigenvalue weighted by atomic mass is 16.7. The van der Waals surface area contributed by atoms with Gasteiger partial charge >= 0.3 is 0 Å². The van der Waals surface area contributed by atoms with Crippen molar-refractivity contribution in [2.45, 2.75) is 187 Å². The zero-order valence-electron chi connectivity index (χ0n) is 22.4. The summed E-state index contributed by atoms with van der Waals surface area (Å²) in [5, 5.41) is 0. The van der Waals surface area contributed by atoms with Crippen LogP contribution in [0.4, 0.5) is 0 Å². The Hall–Kier alpha value is -0.0800. The second-order valence-electron chi connectivity index (χ2n) is 10.5. The van der Waals surface area contributed by atoms with Crippen LogP contribution in [0.1, 0.15) is 174 Å². The van der Waals surface area contributed by atoms with Gasteiger partial charge in [0.25, 0.3) is 0 Å². The maximum Gasteiger partial charge on any atom is 0.147 e. The molecule has 1 heterocycles. The highest BCUT2D eigenvalue weighted by molar-refractivity contribution is 4.74. The molecule has 0 bridgehead atoms. The molecule has 32 heavy (non-hydrogen) atoms. The third-order valence-electron chi connectivity index (χ3n) is 7.41. The normalized spacial score (nSPS) is 18.6. The lowest BCUT2D eigenvalue weighted by molar-refractivity contribution is 0.0359. The van der Waals surface area contributed by atoms with Crippen molar-refractivity contribution in [1.82, 2.24) is 0 Å². The van der Waals surface area contributed by atoms with E-state index in [0.717, 1.165) is 0 Å². The Morgan fingerprint density at radius 1 is 0.375 bits per heavy atom. The van der Waals surface area contributed by atoms with Crippen molar-refractivity contribution >= 4 is 0 Å². The first-order valence-corrected chi connectivity index (χ1v) is 15.1. The van der Waals surface area contributed by atoms with E-state index in [0.29, 0.717) is 19.0 Å². The van der Waals surface area contributed by atoms with Gasteiger partial charge in [-0.05, 0) is 12.8 Å². The topological polar surface area (TPSA) is 18.5 Å². The van der Waals surface area contributed by atoms with Crippen LogP contribution in [0, 0.1) is 0 Å². The summed E-state index contributed by atoms with van der Waals surface area (Å²) in [4.78, 5) is 0. The highest BCUT2D eigenvalue weighted by Gasteiger charge is 2.27. The van der Waals surface area contributed by atoms with Crippen LogP contribution in [0.2, 0.25) is 0 Å². The molecule has 2 atom stereocenters. The van der Waals surface area contributed by atoms with Gasteiger partial charge in [0, 0.05) is 0 Å². The van der Waals surface area contributed by atoms with Crippen LogP contribution in [0.5, 0.6) is 0 Å². The minimum absolute atomic E-state index is 0.376. The van der Waals surface area contributed by atoms with Gasteiger partial charge in [0.15, 0.2) is 0 Å². The molecule has 192 valence electrons. The standard InChI is InChI=1S/C30H60O2/c1-3-5-7-9-11-13-15-17-19-21-23-25-27-30-29(31-28-32-30)26-24-22-20-18-16-14-12-10-8-6-4-2/h29-30H,3-28H2,1-2H3. The number of ether oxygens (including phenoxy) is 2. The summed E-state index contributed by atoms with van der Waals surface area (Å²) in [6, 6.07) is 0. The molecule has 0 aromatic rings. The molecule has 0 aromatic carbocycles. The Bertz CT molecular complexity index is 357. The lowest BCUT2D eigenvalue weighted by Gasteiger charge is -2.16. The number of unbranched alkanes of at least 4 members (excludes halogenated alkanes) is 21. The van der Waals surface area contributed by atoms with Crippen molar-refractivity contribution in [2.24, 2.45) is 0 Å². The van der Waals surface area contributed by atoms with E-state index >= 15 is 0 Å². The van der Waals surface area contributed by atoms with Crippen LogP contribution < -0.4 is 0 Å². The molecule has 0 aromatic heterocycles. The maximum absolute atomic E-state index is 5.89. The van der Waals surface area contributed by atoms with E-state index in [4.69, 9.17) is 9.47 Å². The Labute approximate surface area is 203 Å². The van der Waals surface area contributed by atoms with Crippen LogP contribution in [-0.4, -0.2) is 19.0 Å². The first-order valence-electron chi connectivity index (χ1n) is 15.1. The minimum Gasteiger partial charge on any atom is -0.349 e. The van der Waals surface area contributed by atoms with Crippen LogP contribution in [-0.2, 0) is 9.47 Å². The molecule has 0 spiro atoms. The summed E-state index contributed by atoms with van der Waals surface area (Å²) < 4.78 is 11.8. The van der Waals surface area contributed by atoms with Crippen molar-refractivity contribution in [3.05, 3.63) is 0 Å². The van der Waals surface area contributed by atoms with Crippen molar-refractivity contribution in [3.8, 4) is 0 Å². The smallest absolute Gasteiger partial charge is 0.147 e. The fourth-order valence-corrected chi connectivity index (χ4v) is 5.16. The highest BCUT2D eigenvalue weighted by Crippen LogP contribution is 2.24. The molecule has 0 saturated carbocycles. The molecule has 2 nitrogen and oxygen atoms in total. The van der Waals surface area contributed by atoms with Crippen LogP contribution >= 0.6 is 0 Å². The molecule has 0 aliphatic carbocycles. The van der Waals surface area contributed by atoms with E-state index in [2.05, 4.69) is 13.8 Å². The first-order chi connectivity index (χ1) is 15.9. The third-order valence-corrected chi connectivity index (χ3v) is 7.41. The Balaban J connectivity index is 1.84. The average Bonchev–Trinajstić information content (AvgIpc) is 3.25. The van der Waals surface area contributed by atoms with Crippen molar-refractivity contribution in [1.29, 1.82) is 0 Å². The number of hydrogen-bond acceptors (Lipinski definition) is 2. The van der Waals surface area contributed by atoms with Crippen molar-refractivity contribution < 1.29 is 9.47 Å². The fourth-order valence-electron chi connectivity index (χ4n) is 5.16. The molecular weight excluding hydrogens is 392 g/mol. The minimum atomic E-state index is 0.376. The van der Waals surface area contributed by atoms with Crippen molar-refractivity contribution in [2.75, 3.05) is 6.79 Å². The van der Waals surface area contributed by atoms with Gasteiger partial charge in [-0.2, -0.15) is 0 Å². The van der Waals surface area contributed by atoms with E-state index in [1.54, 1.807) is 0 Å². The molecule has 2 heteroatoms. The molecule has 2 unspecified atom stereocenters. The number of hydrogen-bond donors (Lipinski definition) is 0. The summed E-state index contributed by atoms with van der Waals surface area (Å²) in [6.45, 7) is 5.13. The predicted octanol–water partition coefficient (Wildman–Crippen LogP) is 10.5. The molecule has 0 radical (unpaired) electrons. The lowest BCUT2D eigenvalue weighted by atomic mass is 9.99. The first kappa shape index (κ1) is 30.0. The second-order valence-corrected chi connectivity index (χ2v) is 10.5. The van der Waals surface area contributed by atoms with Crippen LogP contribution in [0.15, 0.2) is 0 Å². The van der Waals surface area contributed by atoms with E-state index < -0.39 is 0 Å². The van der Waals surface area contributed by atoms with Gasteiger partial charge in [-0.1, -0.05) is 162 Å². The molecule has 1 saturated heterocycles. The van der Waals surface area contributed by atoms with E-state index in [-0.39, 0.29) is 0 Å². The molecule has 1 rings (SSSR count). The summed E-state index contributed by atoms with van der Waals surface area (Å²) in [7, 11) is 0. The molecule has 0 N–H and O–H groups in total. The van der Waals surface area contributed by atoms with Gasteiger partial charge in [-0.15, -0.1) is 0 Å². The Morgan fingerprint density at radius 3 is 0.906 bits per heavy atom. The molecule has 1 fully saturated rings. The molecule has 1 aliphatic heterocycles. The van der Waals surface area contributed by atoms with Gasteiger partial charge in [-0.25, -0.2) is 0 Å². The fraction of sp³-hybridized carbons (Fsp3) is 1.00. The summed E-state index contributed by atoms with van der Waals surface area (Å²) >= 11 is 0. The van der Waals surface area contributed by atoms with Gasteiger partial charge in [0.1, 0.15) is 6.79 Å². The Morgan fingerprint density at radius 2 is 0.625 bits per heavy atom. The van der Waals surface area contributed by atoms with Gasteiger partial charge in [-0.3, -0.25) is 0 Å². The van der Waals surface area contributed by atoms with Crippen molar-refractivity contribution in [3.63, 3.8) is 0 Å². The van der Waals surface area contributed by atoms with Gasteiger partial charge in [0.2, 0.25) is 0 Å². The van der Waals surface area contributed by atoms with Gasteiger partial charge < -0.3 is 9.47 Å². The lowest BCUT2D eigenvalue weighted by Crippen LogP contribution is -2.22. The van der Waals surface area contributed by atoms with Gasteiger partial charge in [0.05, 0.1) is 12.2 Å². The van der Waals surface area contributed by atoms with E-state index in [9.17, 15) is 0 Å². The summed E-state index contributed by atoms with van der Waals surface area (Å²) in [5.41, 5.74) is 0. The number of rotatable bonds is 25. The summed E-state index contributed by atoms with van der Waals surface area (Å²) in [6.07, 6.45) is 35.8.